The lowest BCUT2D eigenvalue weighted by molar-refractivity contribution is -0.133. The van der Waals surface area contributed by atoms with E-state index in [1.165, 1.54) is 16.9 Å². The van der Waals surface area contributed by atoms with E-state index < -0.39 is 0 Å². The molecule has 32 heavy (non-hydrogen) atoms. The molecule has 3 heterocycles. The lowest BCUT2D eigenvalue weighted by Crippen LogP contribution is -2.49. The molecule has 0 radical (unpaired) electrons. The van der Waals surface area contributed by atoms with Crippen LogP contribution in [0, 0.1) is 6.92 Å². The number of aromatic nitrogens is 2. The van der Waals surface area contributed by atoms with Gasteiger partial charge in [-0.05, 0) is 25.3 Å². The minimum atomic E-state index is -0.137. The van der Waals surface area contributed by atoms with Gasteiger partial charge in [-0.25, -0.2) is 0 Å². The Hall–Kier alpha value is -3.04. The molecule has 0 spiro atoms. The topological polar surface area (TPSA) is 91.6 Å². The fraction of sp³-hybridized carbons (Fsp3) is 0.391. The molecule has 9 heteroatoms. The first-order valence-electron chi connectivity index (χ1n) is 10.7. The zero-order valence-corrected chi connectivity index (χ0v) is 19.1. The van der Waals surface area contributed by atoms with Gasteiger partial charge in [-0.2, -0.15) is 16.3 Å². The first-order valence-corrected chi connectivity index (χ1v) is 11.7. The van der Waals surface area contributed by atoms with Gasteiger partial charge in [0, 0.05) is 55.7 Å². The highest BCUT2D eigenvalue weighted by atomic mass is 32.1. The van der Waals surface area contributed by atoms with Crippen LogP contribution < -0.4 is 5.32 Å². The Morgan fingerprint density at radius 1 is 1.16 bits per heavy atom. The molecule has 1 unspecified atom stereocenters. The molecule has 168 valence electrons. The number of hydrogen-bond acceptors (Lipinski definition) is 7. The van der Waals surface area contributed by atoms with Gasteiger partial charge in [0.05, 0.1) is 6.04 Å². The number of carbonyl (C=O) groups is 2. The zero-order valence-electron chi connectivity index (χ0n) is 18.3. The summed E-state index contributed by atoms with van der Waals surface area (Å²) < 4.78 is 5.52. The van der Waals surface area contributed by atoms with Gasteiger partial charge in [-0.3, -0.25) is 14.5 Å². The van der Waals surface area contributed by atoms with Gasteiger partial charge in [0.25, 0.3) is 5.91 Å². The van der Waals surface area contributed by atoms with Crippen molar-refractivity contribution in [1.29, 1.82) is 0 Å². The molecular weight excluding hydrogens is 426 g/mol. The highest BCUT2D eigenvalue weighted by molar-refractivity contribution is 7.08. The molecule has 1 aliphatic rings. The smallest absolute Gasteiger partial charge is 0.252 e. The molecule has 0 bridgehead atoms. The van der Waals surface area contributed by atoms with Gasteiger partial charge in [0.2, 0.25) is 17.6 Å². The number of benzene rings is 1. The summed E-state index contributed by atoms with van der Waals surface area (Å²) in [5, 5.41) is 10.6. The van der Waals surface area contributed by atoms with Crippen LogP contribution in [0.2, 0.25) is 0 Å². The van der Waals surface area contributed by atoms with Gasteiger partial charge >= 0.3 is 0 Å². The second-order valence-electron chi connectivity index (χ2n) is 7.93. The third kappa shape index (κ3) is 5.23. The van der Waals surface area contributed by atoms with Crippen LogP contribution in [0.25, 0.3) is 11.4 Å². The van der Waals surface area contributed by atoms with Crippen LogP contribution in [0.1, 0.15) is 41.2 Å². The van der Waals surface area contributed by atoms with Crippen LogP contribution >= 0.6 is 11.3 Å². The van der Waals surface area contributed by atoms with Crippen LogP contribution in [-0.2, 0) is 4.79 Å². The summed E-state index contributed by atoms with van der Waals surface area (Å²) in [6.45, 7) is 7.17. The lowest BCUT2D eigenvalue weighted by atomic mass is 10.1. The van der Waals surface area contributed by atoms with Crippen molar-refractivity contribution in [3.05, 3.63) is 58.1 Å². The Balaban J connectivity index is 1.24. The van der Waals surface area contributed by atoms with E-state index in [0.717, 1.165) is 18.7 Å². The Labute approximate surface area is 191 Å². The number of carbonyl (C=O) groups excluding carboxylic acids is 2. The quantitative estimate of drug-likeness (QED) is 0.591. The van der Waals surface area contributed by atoms with Crippen LogP contribution in [0.15, 0.2) is 45.6 Å². The normalized spacial score (nSPS) is 15.5. The summed E-state index contributed by atoms with van der Waals surface area (Å²) in [4.78, 5) is 33.2. The maximum Gasteiger partial charge on any atom is 0.252 e. The minimum Gasteiger partial charge on any atom is -0.351 e. The highest BCUT2D eigenvalue weighted by Gasteiger charge is 2.27. The van der Waals surface area contributed by atoms with E-state index in [2.05, 4.69) is 20.4 Å². The van der Waals surface area contributed by atoms with E-state index in [9.17, 15) is 9.59 Å². The number of rotatable bonds is 7. The second-order valence-corrected chi connectivity index (χ2v) is 8.71. The van der Waals surface area contributed by atoms with Crippen molar-refractivity contribution in [2.75, 3.05) is 32.7 Å². The molecule has 2 aromatic heterocycles. The van der Waals surface area contributed by atoms with E-state index in [4.69, 9.17) is 4.52 Å². The molecule has 1 fully saturated rings. The molecule has 8 nitrogen and oxygen atoms in total. The predicted octanol–water partition coefficient (Wildman–Crippen LogP) is 3.13. The van der Waals surface area contributed by atoms with E-state index in [1.54, 1.807) is 11.4 Å². The Morgan fingerprint density at radius 2 is 1.91 bits per heavy atom. The van der Waals surface area contributed by atoms with E-state index >= 15 is 0 Å². The average molecular weight is 454 g/mol. The molecule has 4 rings (SSSR count). The van der Waals surface area contributed by atoms with Gasteiger partial charge in [-0.1, -0.05) is 35.0 Å². The van der Waals surface area contributed by atoms with Crippen molar-refractivity contribution < 1.29 is 14.1 Å². The van der Waals surface area contributed by atoms with Crippen LogP contribution in [0.4, 0.5) is 0 Å². The Kier molecular flexibility index (Phi) is 6.96. The zero-order chi connectivity index (χ0) is 22.5. The minimum absolute atomic E-state index is 0.0242. The number of nitrogens with zero attached hydrogens (tertiary/aromatic N) is 4. The SMILES string of the molecule is Cc1ccc(-c2noc(C(C)N3CCN(C(=O)CCNC(=O)c4ccsc4)CC3)n2)cc1. The summed E-state index contributed by atoms with van der Waals surface area (Å²) in [6, 6.07) is 9.78. The third-order valence-electron chi connectivity index (χ3n) is 5.73. The van der Waals surface area contributed by atoms with Crippen LogP contribution in [0.5, 0.6) is 0 Å². The third-order valence-corrected chi connectivity index (χ3v) is 6.41. The van der Waals surface area contributed by atoms with Crippen molar-refractivity contribution >= 4 is 23.2 Å². The van der Waals surface area contributed by atoms with Crippen LogP contribution in [0.3, 0.4) is 0 Å². The number of hydrogen-bond donors (Lipinski definition) is 1. The molecule has 0 saturated carbocycles. The highest BCUT2D eigenvalue weighted by Crippen LogP contribution is 2.23. The number of nitrogens with one attached hydrogen (secondary N) is 1. The van der Waals surface area contributed by atoms with Gasteiger partial charge in [-0.15, -0.1) is 0 Å². The largest absolute Gasteiger partial charge is 0.351 e. The number of thiophene rings is 1. The lowest BCUT2D eigenvalue weighted by Gasteiger charge is -2.36. The maximum absolute atomic E-state index is 12.5. The average Bonchev–Trinajstić information content (AvgIpc) is 3.52. The molecule has 2 amide bonds. The summed E-state index contributed by atoms with van der Waals surface area (Å²) in [6.07, 6.45) is 0.301. The molecule has 1 saturated heterocycles. The molecule has 1 N–H and O–H groups in total. The van der Waals surface area contributed by atoms with Crippen molar-refractivity contribution in [1.82, 2.24) is 25.3 Å². The van der Waals surface area contributed by atoms with E-state index in [1.807, 2.05) is 48.4 Å². The molecular formula is C23H27N5O3S. The fourth-order valence-electron chi connectivity index (χ4n) is 3.68. The van der Waals surface area contributed by atoms with Gasteiger partial charge in [0.15, 0.2) is 0 Å². The first kappa shape index (κ1) is 22.2. The van der Waals surface area contributed by atoms with Gasteiger partial charge in [0.1, 0.15) is 0 Å². The molecule has 1 atom stereocenters. The molecule has 1 aromatic carbocycles. The monoisotopic (exact) mass is 453 g/mol. The molecule has 3 aromatic rings. The van der Waals surface area contributed by atoms with Crippen molar-refractivity contribution in [2.24, 2.45) is 0 Å². The number of aryl methyl sites for hydroxylation is 1. The maximum atomic E-state index is 12.5. The van der Waals surface area contributed by atoms with Crippen molar-refractivity contribution in [2.45, 2.75) is 26.3 Å². The van der Waals surface area contributed by atoms with Crippen LogP contribution in [-0.4, -0.2) is 64.5 Å². The van der Waals surface area contributed by atoms with Gasteiger partial charge < -0.3 is 14.7 Å². The summed E-state index contributed by atoms with van der Waals surface area (Å²) in [5.74, 6) is 1.09. The number of piperazine rings is 1. The predicted molar refractivity (Wildman–Crippen MR) is 122 cm³/mol. The second kappa shape index (κ2) is 10.1. The van der Waals surface area contributed by atoms with E-state index in [-0.39, 0.29) is 17.9 Å². The summed E-state index contributed by atoms with van der Waals surface area (Å²) >= 11 is 1.48. The summed E-state index contributed by atoms with van der Waals surface area (Å²) in [7, 11) is 0. The Bertz CT molecular complexity index is 1040. The molecule has 1 aliphatic heterocycles. The standard InChI is InChI=1S/C23H27N5O3S/c1-16-3-5-18(6-4-16)21-25-23(31-26-21)17(2)27-10-12-28(13-11-27)20(29)7-9-24-22(30)19-8-14-32-15-19/h3-6,8,14-15,17H,7,9-13H2,1-2H3,(H,24,30). The summed E-state index contributed by atoms with van der Waals surface area (Å²) in [5.41, 5.74) is 2.75. The Morgan fingerprint density at radius 3 is 2.59 bits per heavy atom. The fourth-order valence-corrected chi connectivity index (χ4v) is 4.31. The van der Waals surface area contributed by atoms with Crippen molar-refractivity contribution in [3.63, 3.8) is 0 Å². The first-order chi connectivity index (χ1) is 15.5. The number of amides is 2. The molecule has 0 aliphatic carbocycles. The van der Waals surface area contributed by atoms with Crippen molar-refractivity contribution in [3.8, 4) is 11.4 Å². The van der Waals surface area contributed by atoms with E-state index in [0.29, 0.717) is 43.3 Å².